The SMILES string of the molecule is [C-]#[N+]c1cc2c3cc4ccc(N5c6ccccc6C6C=CC=CC65)cc4cc3n3c4cc5cc(-n6c7ccccc7c7ccccc76)ccc5cc4c(c1)c23. The van der Waals surface area contributed by atoms with Gasteiger partial charge in [-0.05, 0) is 117 Å². The third-order valence-electron chi connectivity index (χ3n) is 12.5. The van der Waals surface area contributed by atoms with Crippen molar-refractivity contribution in [1.29, 1.82) is 0 Å². The van der Waals surface area contributed by atoms with E-state index in [9.17, 15) is 0 Å². The van der Waals surface area contributed by atoms with Crippen LogP contribution in [0.1, 0.15) is 11.5 Å². The molecule has 13 rings (SSSR count). The summed E-state index contributed by atoms with van der Waals surface area (Å²) in [7, 11) is 0. The smallest absolute Gasteiger partial charge is 0.188 e. The number of para-hydroxylation sites is 3. The summed E-state index contributed by atoms with van der Waals surface area (Å²) in [6.45, 7) is 8.05. The van der Waals surface area contributed by atoms with Crippen molar-refractivity contribution in [2.75, 3.05) is 4.90 Å². The minimum Gasteiger partial charge on any atom is -0.333 e. The Morgan fingerprint density at radius 3 is 1.76 bits per heavy atom. The molecule has 55 heavy (non-hydrogen) atoms. The minimum atomic E-state index is 0.249. The minimum absolute atomic E-state index is 0.249. The maximum atomic E-state index is 8.05. The molecule has 0 saturated carbocycles. The lowest BCUT2D eigenvalue weighted by Crippen LogP contribution is -2.28. The van der Waals surface area contributed by atoms with Crippen LogP contribution in [0.4, 0.5) is 17.1 Å². The van der Waals surface area contributed by atoms with Gasteiger partial charge in [0, 0.05) is 44.5 Å². The highest BCUT2D eigenvalue weighted by Crippen LogP contribution is 2.49. The Labute approximate surface area is 315 Å². The Bertz CT molecular complexity index is 3530. The lowest BCUT2D eigenvalue weighted by molar-refractivity contribution is 0.745. The van der Waals surface area contributed by atoms with Gasteiger partial charge in [0.05, 0.1) is 40.2 Å². The van der Waals surface area contributed by atoms with E-state index in [4.69, 9.17) is 6.57 Å². The standard InChI is InChI=1S/C51H30N4/c1-52-34-28-43-41-24-30-18-20-35(53-45-14-6-2-10-37(45)38-11-3-7-15-46(38)53)22-32(30)26-49(41)55-50-27-33-23-36(21-19-31(33)25-42(50)44(29-34)51(43)55)54-47-16-8-4-12-39(47)40-13-5-9-17-48(40)54/h2-29,37,45H. The molecule has 11 aromatic rings. The number of fused-ring (bicyclic) bond motifs is 14. The molecule has 0 bridgehead atoms. The summed E-state index contributed by atoms with van der Waals surface area (Å²) in [4.78, 5) is 6.46. The van der Waals surface area contributed by atoms with E-state index in [0.29, 0.717) is 11.6 Å². The van der Waals surface area contributed by atoms with E-state index in [0.717, 1.165) is 22.0 Å². The second-order valence-corrected chi connectivity index (χ2v) is 15.2. The first kappa shape index (κ1) is 29.1. The van der Waals surface area contributed by atoms with E-state index in [-0.39, 0.29) is 6.04 Å². The number of nitrogens with zero attached hydrogens (tertiary/aromatic N) is 4. The molecule has 8 aromatic carbocycles. The van der Waals surface area contributed by atoms with Gasteiger partial charge >= 0.3 is 0 Å². The number of hydrogen-bond donors (Lipinski definition) is 0. The second-order valence-electron chi connectivity index (χ2n) is 15.2. The topological polar surface area (TPSA) is 16.9 Å². The molecule has 0 spiro atoms. The van der Waals surface area contributed by atoms with Crippen LogP contribution in [0.15, 0.2) is 170 Å². The maximum Gasteiger partial charge on any atom is 0.188 e. The van der Waals surface area contributed by atoms with Crippen molar-refractivity contribution in [2.24, 2.45) is 0 Å². The monoisotopic (exact) mass is 698 g/mol. The Kier molecular flexibility index (Phi) is 5.51. The van der Waals surface area contributed by atoms with Crippen molar-refractivity contribution in [1.82, 2.24) is 8.97 Å². The average Bonchev–Trinajstić information content (AvgIpc) is 3.95. The summed E-state index contributed by atoms with van der Waals surface area (Å²) in [5.41, 5.74) is 11.6. The van der Waals surface area contributed by atoms with Crippen LogP contribution in [0, 0.1) is 6.57 Å². The third-order valence-corrected chi connectivity index (χ3v) is 12.5. The van der Waals surface area contributed by atoms with Crippen LogP contribution in [-0.4, -0.2) is 15.0 Å². The highest BCUT2D eigenvalue weighted by molar-refractivity contribution is 6.27. The molecular formula is C51H30N4. The highest BCUT2D eigenvalue weighted by Gasteiger charge is 2.37. The molecule has 0 fully saturated rings. The van der Waals surface area contributed by atoms with Gasteiger partial charge in [-0.15, -0.1) is 0 Å². The van der Waals surface area contributed by atoms with Crippen LogP contribution in [0.25, 0.3) is 92.0 Å². The first-order valence-corrected chi connectivity index (χ1v) is 19.0. The van der Waals surface area contributed by atoms with Crippen LogP contribution >= 0.6 is 0 Å². The summed E-state index contributed by atoms with van der Waals surface area (Å²) in [5.74, 6) is 0.341. The molecule has 3 aromatic heterocycles. The molecular weight excluding hydrogens is 669 g/mol. The first-order chi connectivity index (χ1) is 27.2. The zero-order chi connectivity index (χ0) is 35.9. The summed E-state index contributed by atoms with van der Waals surface area (Å²) in [6.07, 6.45) is 9.03. The van der Waals surface area contributed by atoms with Gasteiger partial charge in [-0.2, -0.15) is 0 Å². The lowest BCUT2D eigenvalue weighted by Gasteiger charge is -2.29. The number of allylic oxidation sites excluding steroid dienone is 2. The Morgan fingerprint density at radius 2 is 1.07 bits per heavy atom. The van der Waals surface area contributed by atoms with Crippen molar-refractivity contribution < 1.29 is 0 Å². The van der Waals surface area contributed by atoms with E-state index >= 15 is 0 Å². The van der Waals surface area contributed by atoms with Crippen LogP contribution in [0.5, 0.6) is 0 Å². The molecule has 4 heterocycles. The molecule has 2 atom stereocenters. The Balaban J connectivity index is 1.06. The van der Waals surface area contributed by atoms with E-state index in [1.165, 1.54) is 82.1 Å². The molecule has 254 valence electrons. The largest absolute Gasteiger partial charge is 0.333 e. The van der Waals surface area contributed by atoms with Crippen LogP contribution in [0.2, 0.25) is 0 Å². The number of hydrogen-bond acceptors (Lipinski definition) is 1. The van der Waals surface area contributed by atoms with E-state index in [1.807, 2.05) is 0 Å². The Hall–Kier alpha value is -7.35. The fourth-order valence-corrected chi connectivity index (χ4v) is 10.1. The van der Waals surface area contributed by atoms with E-state index < -0.39 is 0 Å². The summed E-state index contributed by atoms with van der Waals surface area (Å²) in [5, 5.41) is 11.9. The Morgan fingerprint density at radius 1 is 0.473 bits per heavy atom. The number of anilines is 2. The second kappa shape index (κ2) is 10.4. The van der Waals surface area contributed by atoms with Gasteiger partial charge < -0.3 is 13.9 Å². The third kappa shape index (κ3) is 3.79. The first-order valence-electron chi connectivity index (χ1n) is 19.0. The predicted octanol–water partition coefficient (Wildman–Crippen LogP) is 13.5. The summed E-state index contributed by atoms with van der Waals surface area (Å²) < 4.78 is 4.85. The van der Waals surface area contributed by atoms with Crippen LogP contribution < -0.4 is 4.90 Å². The normalized spacial score (nSPS) is 16.5. The van der Waals surface area contributed by atoms with E-state index in [2.05, 4.69) is 189 Å². The molecule has 4 nitrogen and oxygen atoms in total. The van der Waals surface area contributed by atoms with Gasteiger partial charge in [0.2, 0.25) is 0 Å². The van der Waals surface area contributed by atoms with Crippen molar-refractivity contribution >= 4 is 98.5 Å². The molecule has 2 aliphatic rings. The molecule has 2 unspecified atom stereocenters. The van der Waals surface area contributed by atoms with Crippen molar-refractivity contribution in [3.8, 4) is 5.69 Å². The molecule has 1 aliphatic heterocycles. The number of aromatic nitrogens is 2. The number of benzene rings is 8. The van der Waals surface area contributed by atoms with Gasteiger partial charge in [-0.1, -0.05) is 91.0 Å². The molecule has 4 heteroatoms. The van der Waals surface area contributed by atoms with Gasteiger partial charge in [-0.3, -0.25) is 0 Å². The molecule has 0 saturated heterocycles. The van der Waals surface area contributed by atoms with Gasteiger partial charge in [0.1, 0.15) is 0 Å². The van der Waals surface area contributed by atoms with E-state index in [1.54, 1.807) is 0 Å². The maximum absolute atomic E-state index is 8.05. The van der Waals surface area contributed by atoms with Gasteiger partial charge in [0.25, 0.3) is 0 Å². The zero-order valence-electron chi connectivity index (χ0n) is 29.6. The van der Waals surface area contributed by atoms with Gasteiger partial charge in [0.15, 0.2) is 5.69 Å². The van der Waals surface area contributed by atoms with Crippen LogP contribution in [0.3, 0.4) is 0 Å². The molecule has 1 aliphatic carbocycles. The van der Waals surface area contributed by atoms with Crippen molar-refractivity contribution in [2.45, 2.75) is 12.0 Å². The molecule has 0 amide bonds. The highest BCUT2D eigenvalue weighted by atomic mass is 15.2. The zero-order valence-corrected chi connectivity index (χ0v) is 29.6. The van der Waals surface area contributed by atoms with Crippen molar-refractivity contribution in [3.05, 3.63) is 187 Å². The average molecular weight is 699 g/mol. The van der Waals surface area contributed by atoms with Gasteiger partial charge in [-0.25, -0.2) is 4.85 Å². The summed E-state index contributed by atoms with van der Waals surface area (Å²) >= 11 is 0. The predicted molar refractivity (Wildman–Crippen MR) is 230 cm³/mol. The summed E-state index contributed by atoms with van der Waals surface area (Å²) in [6, 6.07) is 53.8. The molecule has 0 N–H and O–H groups in total. The number of rotatable bonds is 2. The fourth-order valence-electron chi connectivity index (χ4n) is 10.1. The lowest BCUT2D eigenvalue weighted by atomic mass is 9.91. The van der Waals surface area contributed by atoms with Crippen molar-refractivity contribution in [3.63, 3.8) is 0 Å². The fraction of sp³-hybridized carbons (Fsp3) is 0.0392. The van der Waals surface area contributed by atoms with Crippen LogP contribution in [-0.2, 0) is 0 Å². The quantitative estimate of drug-likeness (QED) is 0.164. The molecule has 0 radical (unpaired) electrons.